The zero-order valence-corrected chi connectivity index (χ0v) is 9.16. The van der Waals surface area contributed by atoms with Crippen molar-refractivity contribution in [2.45, 2.75) is 6.92 Å². The van der Waals surface area contributed by atoms with E-state index in [0.29, 0.717) is 10.3 Å². The fourth-order valence-electron chi connectivity index (χ4n) is 1.38. The second-order valence-electron chi connectivity index (χ2n) is 3.38. The standard InChI is InChI=1S/C11H11N3S/c1-8-3-2-4-10(5-8)14-11(15)6-9(12)7-13-14/h2-7H,12H2,1H3. The van der Waals surface area contributed by atoms with Crippen molar-refractivity contribution in [2.24, 2.45) is 0 Å². The number of nitrogens with two attached hydrogens (primary N) is 1. The molecule has 76 valence electrons. The van der Waals surface area contributed by atoms with E-state index in [-0.39, 0.29) is 0 Å². The van der Waals surface area contributed by atoms with E-state index < -0.39 is 0 Å². The van der Waals surface area contributed by atoms with Gasteiger partial charge in [-0.1, -0.05) is 24.4 Å². The summed E-state index contributed by atoms with van der Waals surface area (Å²) in [5.74, 6) is 0. The second-order valence-corrected chi connectivity index (χ2v) is 3.80. The molecule has 0 aliphatic rings. The quantitative estimate of drug-likeness (QED) is 0.746. The maximum Gasteiger partial charge on any atom is 0.130 e. The first kappa shape index (κ1) is 9.86. The van der Waals surface area contributed by atoms with Gasteiger partial charge in [-0.2, -0.15) is 5.10 Å². The van der Waals surface area contributed by atoms with Crippen LogP contribution in [0, 0.1) is 11.6 Å². The first-order valence-corrected chi connectivity index (χ1v) is 4.99. The summed E-state index contributed by atoms with van der Waals surface area (Å²) in [6.07, 6.45) is 1.60. The monoisotopic (exact) mass is 217 g/mol. The third-order valence-corrected chi connectivity index (χ3v) is 2.36. The molecule has 0 fully saturated rings. The molecule has 0 unspecified atom stereocenters. The maximum atomic E-state index is 5.59. The van der Waals surface area contributed by atoms with Crippen LogP contribution in [0.15, 0.2) is 36.5 Å². The van der Waals surface area contributed by atoms with Gasteiger partial charge in [0.2, 0.25) is 0 Å². The fourth-order valence-corrected chi connectivity index (χ4v) is 1.66. The van der Waals surface area contributed by atoms with Crippen molar-refractivity contribution in [1.82, 2.24) is 9.78 Å². The summed E-state index contributed by atoms with van der Waals surface area (Å²) in [6, 6.07) is 9.73. The number of nitrogen functional groups attached to an aromatic ring is 1. The lowest BCUT2D eigenvalue weighted by molar-refractivity contribution is 0.830. The minimum atomic E-state index is 0.587. The largest absolute Gasteiger partial charge is 0.397 e. The number of rotatable bonds is 1. The molecule has 1 aromatic heterocycles. The SMILES string of the molecule is Cc1cccc(-n2ncc(N)cc2=S)c1. The number of hydrogen-bond donors (Lipinski definition) is 1. The zero-order chi connectivity index (χ0) is 10.8. The molecule has 1 aromatic carbocycles. The smallest absolute Gasteiger partial charge is 0.130 e. The Morgan fingerprint density at radius 3 is 2.80 bits per heavy atom. The predicted molar refractivity (Wildman–Crippen MR) is 63.5 cm³/mol. The van der Waals surface area contributed by atoms with Gasteiger partial charge in [0, 0.05) is 0 Å². The van der Waals surface area contributed by atoms with Gasteiger partial charge in [-0.05, 0) is 30.7 Å². The third-order valence-electron chi connectivity index (χ3n) is 2.07. The summed E-state index contributed by atoms with van der Waals surface area (Å²) in [6.45, 7) is 2.03. The lowest BCUT2D eigenvalue weighted by Crippen LogP contribution is -2.03. The number of nitrogens with zero attached hydrogens (tertiary/aromatic N) is 2. The Kier molecular flexibility index (Phi) is 2.51. The van der Waals surface area contributed by atoms with Crippen LogP contribution in [0.5, 0.6) is 0 Å². The molecule has 0 amide bonds. The average molecular weight is 217 g/mol. The van der Waals surface area contributed by atoms with Gasteiger partial charge in [-0.15, -0.1) is 0 Å². The van der Waals surface area contributed by atoms with Crippen LogP contribution in [0.3, 0.4) is 0 Å². The highest BCUT2D eigenvalue weighted by Crippen LogP contribution is 2.10. The van der Waals surface area contributed by atoms with Gasteiger partial charge < -0.3 is 5.73 Å². The molecule has 0 radical (unpaired) electrons. The van der Waals surface area contributed by atoms with Gasteiger partial charge in [0.1, 0.15) is 4.64 Å². The lowest BCUT2D eigenvalue weighted by Gasteiger charge is -2.06. The Hall–Kier alpha value is -1.68. The molecule has 0 aliphatic carbocycles. The van der Waals surface area contributed by atoms with E-state index in [1.165, 1.54) is 5.56 Å². The summed E-state index contributed by atoms with van der Waals surface area (Å²) in [4.78, 5) is 0. The summed E-state index contributed by atoms with van der Waals surface area (Å²) in [7, 11) is 0. The Balaban J connectivity index is 2.59. The summed E-state index contributed by atoms with van der Waals surface area (Å²) in [5.41, 5.74) is 8.31. The number of aryl methyl sites for hydroxylation is 1. The lowest BCUT2D eigenvalue weighted by atomic mass is 10.2. The molecule has 2 N–H and O–H groups in total. The molecule has 2 aromatic rings. The van der Waals surface area contributed by atoms with Crippen LogP contribution >= 0.6 is 12.2 Å². The average Bonchev–Trinajstić information content (AvgIpc) is 2.17. The molecule has 3 nitrogen and oxygen atoms in total. The topological polar surface area (TPSA) is 43.8 Å². The van der Waals surface area contributed by atoms with Crippen molar-refractivity contribution >= 4 is 17.9 Å². The second kappa shape index (κ2) is 3.82. The molecular weight excluding hydrogens is 206 g/mol. The van der Waals surface area contributed by atoms with Crippen LogP contribution in [0.2, 0.25) is 0 Å². The molecule has 0 spiro atoms. The van der Waals surface area contributed by atoms with Gasteiger partial charge >= 0.3 is 0 Å². The van der Waals surface area contributed by atoms with Crippen molar-refractivity contribution in [3.63, 3.8) is 0 Å². The van der Waals surface area contributed by atoms with E-state index in [0.717, 1.165) is 5.69 Å². The van der Waals surface area contributed by atoms with Crippen LogP contribution in [0.1, 0.15) is 5.56 Å². The summed E-state index contributed by atoms with van der Waals surface area (Å²) < 4.78 is 2.30. The molecule has 15 heavy (non-hydrogen) atoms. The van der Waals surface area contributed by atoms with Crippen LogP contribution < -0.4 is 5.73 Å². The van der Waals surface area contributed by atoms with Crippen molar-refractivity contribution in [2.75, 3.05) is 5.73 Å². The van der Waals surface area contributed by atoms with E-state index in [1.54, 1.807) is 16.9 Å². The van der Waals surface area contributed by atoms with Gasteiger partial charge in [0.15, 0.2) is 0 Å². The number of benzene rings is 1. The zero-order valence-electron chi connectivity index (χ0n) is 8.34. The van der Waals surface area contributed by atoms with Crippen molar-refractivity contribution in [3.8, 4) is 5.69 Å². The normalized spacial score (nSPS) is 10.2. The van der Waals surface area contributed by atoms with E-state index in [1.807, 2.05) is 31.2 Å². The van der Waals surface area contributed by atoms with E-state index in [2.05, 4.69) is 5.10 Å². The molecule has 0 saturated carbocycles. The van der Waals surface area contributed by atoms with Crippen LogP contribution in [0.4, 0.5) is 5.69 Å². The number of anilines is 1. The first-order chi connectivity index (χ1) is 7.16. The third kappa shape index (κ3) is 2.05. The molecule has 4 heteroatoms. The molecule has 0 saturated heterocycles. The Labute approximate surface area is 93.2 Å². The first-order valence-electron chi connectivity index (χ1n) is 4.59. The highest BCUT2D eigenvalue weighted by Gasteiger charge is 1.98. The summed E-state index contributed by atoms with van der Waals surface area (Å²) >= 11 is 5.19. The van der Waals surface area contributed by atoms with E-state index >= 15 is 0 Å². The van der Waals surface area contributed by atoms with E-state index in [9.17, 15) is 0 Å². The minimum absolute atomic E-state index is 0.587. The summed E-state index contributed by atoms with van der Waals surface area (Å²) in [5, 5.41) is 4.18. The Bertz CT molecular complexity index is 546. The Morgan fingerprint density at radius 2 is 2.13 bits per heavy atom. The van der Waals surface area contributed by atoms with Gasteiger partial charge in [-0.3, -0.25) is 0 Å². The van der Waals surface area contributed by atoms with Gasteiger partial charge in [0.25, 0.3) is 0 Å². The fraction of sp³-hybridized carbons (Fsp3) is 0.0909. The molecule has 0 atom stereocenters. The van der Waals surface area contributed by atoms with Crippen LogP contribution in [-0.4, -0.2) is 9.78 Å². The molecule has 1 heterocycles. The van der Waals surface area contributed by atoms with Crippen molar-refractivity contribution in [1.29, 1.82) is 0 Å². The van der Waals surface area contributed by atoms with Gasteiger partial charge in [0.05, 0.1) is 17.6 Å². The highest BCUT2D eigenvalue weighted by molar-refractivity contribution is 7.71. The molecule has 0 bridgehead atoms. The van der Waals surface area contributed by atoms with Crippen LogP contribution in [-0.2, 0) is 0 Å². The van der Waals surface area contributed by atoms with E-state index in [4.69, 9.17) is 18.0 Å². The Morgan fingerprint density at radius 1 is 1.33 bits per heavy atom. The van der Waals surface area contributed by atoms with Crippen molar-refractivity contribution in [3.05, 3.63) is 46.7 Å². The maximum absolute atomic E-state index is 5.59. The molecular formula is C11H11N3S. The number of hydrogen-bond acceptors (Lipinski definition) is 3. The highest BCUT2D eigenvalue weighted by atomic mass is 32.1. The molecule has 0 aliphatic heterocycles. The number of aromatic nitrogens is 2. The van der Waals surface area contributed by atoms with Gasteiger partial charge in [-0.25, -0.2) is 4.68 Å². The predicted octanol–water partition coefficient (Wildman–Crippen LogP) is 2.49. The van der Waals surface area contributed by atoms with Crippen LogP contribution in [0.25, 0.3) is 5.69 Å². The molecule has 2 rings (SSSR count). The minimum Gasteiger partial charge on any atom is -0.397 e. The van der Waals surface area contributed by atoms with Crippen molar-refractivity contribution < 1.29 is 0 Å².